The maximum atomic E-state index is 15.3. The van der Waals surface area contributed by atoms with Crippen LogP contribution in [0.15, 0.2) is 116 Å². The molecule has 564 valence electrons. The molecule has 3 heterocycles. The zero-order chi connectivity index (χ0) is 76.0. The Morgan fingerprint density at radius 1 is 0.548 bits per heavy atom. The van der Waals surface area contributed by atoms with E-state index < -0.39 is 132 Å². The number of carbonyl (C=O) groups is 11. The Labute approximate surface area is 614 Å². The van der Waals surface area contributed by atoms with Crippen molar-refractivity contribution in [1.29, 1.82) is 0 Å². The number of aliphatic hydroxyl groups is 1. The predicted octanol–water partition coefficient (Wildman–Crippen LogP) is 3.15. The van der Waals surface area contributed by atoms with Crippen LogP contribution in [0.3, 0.4) is 0 Å². The second kappa shape index (κ2) is 42.4. The van der Waals surface area contributed by atoms with E-state index >= 15 is 9.59 Å². The number of fused-ring (bicyclic) bond motifs is 1. The maximum Gasteiger partial charge on any atom is 0.245 e. The summed E-state index contributed by atoms with van der Waals surface area (Å²) < 4.78 is 0. The molecule has 2 aromatic heterocycles. The van der Waals surface area contributed by atoms with Crippen LogP contribution < -0.4 is 58.9 Å². The van der Waals surface area contributed by atoms with Crippen LogP contribution in [0.5, 0.6) is 0 Å². The van der Waals surface area contributed by atoms with Crippen LogP contribution in [-0.2, 0) is 78.4 Å². The lowest BCUT2D eigenvalue weighted by Crippen LogP contribution is -2.61. The molecule has 6 rings (SSSR count). The lowest BCUT2D eigenvalue weighted by Gasteiger charge is -2.33. The molecule has 3 aromatic carbocycles. The first-order chi connectivity index (χ1) is 49.6. The first-order valence-corrected chi connectivity index (χ1v) is 36.3. The van der Waals surface area contributed by atoms with Gasteiger partial charge in [0.2, 0.25) is 65.0 Å². The summed E-state index contributed by atoms with van der Waals surface area (Å²) >= 11 is 6.26. The number of nitrogens with zero attached hydrogens (tertiary/aromatic N) is 4. The number of hydrogen-bond acceptors (Lipinski definition) is 16. The number of halogens is 1. The highest BCUT2D eigenvalue weighted by molar-refractivity contribution is 6.30. The number of nitrogens with one attached hydrogen (secondary N) is 10. The number of likely N-dealkylation sites (N-methyl/N-ethyl adjacent to an activating group) is 1. The number of rotatable bonds is 42. The normalized spacial score (nSPS) is 15.4. The van der Waals surface area contributed by atoms with Gasteiger partial charge in [0.25, 0.3) is 0 Å². The number of aliphatic hydroxyl groups excluding tert-OH is 1. The molecule has 11 amide bonds. The molecule has 0 saturated carbocycles. The van der Waals surface area contributed by atoms with Gasteiger partial charge in [0.15, 0.2) is 0 Å². The van der Waals surface area contributed by atoms with Crippen molar-refractivity contribution in [3.8, 4) is 0 Å². The Morgan fingerprint density at radius 3 is 1.59 bits per heavy atom. The Balaban J connectivity index is 1.26. The summed E-state index contributed by atoms with van der Waals surface area (Å²) in [5, 5.41) is 42.1. The number of pyridine rings is 2. The van der Waals surface area contributed by atoms with Gasteiger partial charge >= 0.3 is 0 Å². The Bertz CT molecular complexity index is 3670. The third-order valence-electron chi connectivity index (χ3n) is 18.0. The summed E-state index contributed by atoms with van der Waals surface area (Å²) in [5.74, 6) is -8.17. The predicted molar refractivity (Wildman–Crippen MR) is 396 cm³/mol. The van der Waals surface area contributed by atoms with E-state index in [9.17, 15) is 48.3 Å². The lowest BCUT2D eigenvalue weighted by molar-refractivity contribution is -0.144. The molecule has 10 unspecified atom stereocenters. The summed E-state index contributed by atoms with van der Waals surface area (Å²) in [6.07, 6.45) is 8.81. The average Bonchev–Trinajstić information content (AvgIpc) is 1.55. The van der Waals surface area contributed by atoms with Crippen molar-refractivity contribution in [3.05, 3.63) is 143 Å². The van der Waals surface area contributed by atoms with Crippen LogP contribution in [0.2, 0.25) is 5.02 Å². The highest BCUT2D eigenvalue weighted by atomic mass is 35.5. The molecule has 104 heavy (non-hydrogen) atoms. The molecule has 0 aliphatic carbocycles. The van der Waals surface area contributed by atoms with Gasteiger partial charge in [-0.05, 0) is 141 Å². The van der Waals surface area contributed by atoms with Crippen molar-refractivity contribution in [2.45, 2.75) is 211 Å². The molecule has 1 saturated heterocycles. The standard InChI is InChI=1S/C76H106ClN15O12/c1-46(2)37-60(68(96)86-59(24-13-15-35-82-48(5)6)76(104)92-36-18-25-65(92)73(101)83-49(7)67(78)95)89-74(102)66(42-54-20-17-33-80-44-54)91(9)75(103)58(23-12-14-34-81-47(3)4)85-72(100)64(45-93)90-71(99)63(41-53-19-16-32-79-43-53)88-70(98)62(39-51-27-30-57(77)31-28-51)87-69(97)61(84-50(8)94)40-52-26-29-55-21-10-11-22-56(55)38-52/h10-11,16-17,19-22,26-33,38,43-44,46-49,58-66,81-82,93H,12-15,18,23-25,34-37,39-42,45H2,1-9H3,(H2,78,95)(H,83,101)(H,84,94)(H,85,100)(H,86,96)(H,87,97)(H,88,98)(H,89,102)(H,90,99). The van der Waals surface area contributed by atoms with E-state index in [1.807, 2.05) is 84.0 Å². The molecule has 13 N–H and O–H groups in total. The van der Waals surface area contributed by atoms with Gasteiger partial charge < -0.3 is 73.8 Å². The summed E-state index contributed by atoms with van der Waals surface area (Å²) in [5.41, 5.74) is 7.77. The number of nitrogens with two attached hydrogens (primary N) is 1. The van der Waals surface area contributed by atoms with Gasteiger partial charge in [0.1, 0.15) is 60.4 Å². The van der Waals surface area contributed by atoms with Crippen LogP contribution in [0.1, 0.15) is 135 Å². The van der Waals surface area contributed by atoms with Gasteiger partial charge in [-0.2, -0.15) is 0 Å². The number of carbonyl (C=O) groups excluding carboxylic acids is 11. The molecule has 0 radical (unpaired) electrons. The smallest absolute Gasteiger partial charge is 0.245 e. The van der Waals surface area contributed by atoms with E-state index in [0.29, 0.717) is 73.3 Å². The number of aromatic nitrogens is 2. The van der Waals surface area contributed by atoms with E-state index in [1.165, 1.54) is 49.3 Å². The molecule has 5 aromatic rings. The highest BCUT2D eigenvalue weighted by Crippen LogP contribution is 2.23. The van der Waals surface area contributed by atoms with Crippen molar-refractivity contribution in [1.82, 2.24) is 72.9 Å². The minimum atomic E-state index is -1.74. The fraction of sp³-hybridized carbons (Fsp3) is 0.513. The van der Waals surface area contributed by atoms with E-state index in [0.717, 1.165) is 16.3 Å². The summed E-state index contributed by atoms with van der Waals surface area (Å²) in [7, 11) is 1.39. The fourth-order valence-corrected chi connectivity index (χ4v) is 12.4. The molecule has 0 spiro atoms. The first kappa shape index (κ1) is 83.5. The Hall–Kier alpha value is -9.44. The molecular formula is C76H106ClN15O12. The second-order valence-electron chi connectivity index (χ2n) is 27.8. The van der Waals surface area contributed by atoms with Gasteiger partial charge in [0.05, 0.1) is 6.61 Å². The summed E-state index contributed by atoms with van der Waals surface area (Å²) in [6, 6.07) is 14.0. The third-order valence-corrected chi connectivity index (χ3v) is 18.2. The van der Waals surface area contributed by atoms with Crippen molar-refractivity contribution in [2.24, 2.45) is 11.7 Å². The van der Waals surface area contributed by atoms with E-state index in [4.69, 9.17) is 17.3 Å². The van der Waals surface area contributed by atoms with E-state index in [1.54, 1.807) is 54.7 Å². The number of hydrogen-bond donors (Lipinski definition) is 12. The van der Waals surface area contributed by atoms with Crippen molar-refractivity contribution >= 4 is 87.4 Å². The second-order valence-corrected chi connectivity index (χ2v) is 28.2. The number of benzene rings is 3. The average molecular weight is 1460 g/mol. The Kier molecular flexibility index (Phi) is 34.0. The molecule has 1 aliphatic heterocycles. The van der Waals surface area contributed by atoms with Crippen molar-refractivity contribution in [2.75, 3.05) is 33.3 Å². The lowest BCUT2D eigenvalue weighted by atomic mass is 9.99. The summed E-state index contributed by atoms with van der Waals surface area (Å²) in [4.78, 5) is 168. The topological polar surface area (TPSA) is 387 Å². The largest absolute Gasteiger partial charge is 0.394 e. The van der Waals surface area contributed by atoms with Crippen LogP contribution >= 0.6 is 11.6 Å². The van der Waals surface area contributed by atoms with Gasteiger partial charge in [-0.1, -0.05) is 120 Å². The van der Waals surface area contributed by atoms with Crippen molar-refractivity contribution < 1.29 is 57.8 Å². The van der Waals surface area contributed by atoms with Gasteiger partial charge in [-0.25, -0.2) is 0 Å². The number of primary amides is 1. The minimum Gasteiger partial charge on any atom is -0.394 e. The number of unbranched alkanes of at least 4 members (excludes halogenated alkanes) is 2. The highest BCUT2D eigenvalue weighted by Gasteiger charge is 2.41. The third kappa shape index (κ3) is 27.3. The molecule has 10 atom stereocenters. The molecule has 0 bridgehead atoms. The first-order valence-electron chi connectivity index (χ1n) is 35.9. The zero-order valence-electron chi connectivity index (χ0n) is 61.2. The molecule has 1 aliphatic rings. The van der Waals surface area contributed by atoms with Crippen LogP contribution in [0.4, 0.5) is 0 Å². The summed E-state index contributed by atoms with van der Waals surface area (Å²) in [6.45, 7) is 14.8. The van der Waals surface area contributed by atoms with Gasteiger partial charge in [0, 0.05) is 88.1 Å². The van der Waals surface area contributed by atoms with Gasteiger partial charge in [-0.15, -0.1) is 0 Å². The van der Waals surface area contributed by atoms with Crippen LogP contribution in [0, 0.1) is 5.92 Å². The Morgan fingerprint density at radius 2 is 1.04 bits per heavy atom. The molecular weight excluding hydrogens is 1350 g/mol. The molecule has 28 heteroatoms. The quantitative estimate of drug-likeness (QED) is 0.0250. The van der Waals surface area contributed by atoms with E-state index in [2.05, 4.69) is 63.1 Å². The number of likely N-dealkylation sites (tertiary alicyclic amines) is 1. The monoisotopic (exact) mass is 1460 g/mol. The van der Waals surface area contributed by atoms with Crippen molar-refractivity contribution in [3.63, 3.8) is 0 Å². The minimum absolute atomic E-state index is 0.0124. The maximum absolute atomic E-state index is 15.3. The fourth-order valence-electron chi connectivity index (χ4n) is 12.3. The molecule has 1 fully saturated rings. The van der Waals surface area contributed by atoms with Gasteiger partial charge in [-0.3, -0.25) is 62.7 Å². The van der Waals surface area contributed by atoms with Crippen LogP contribution in [-0.4, -0.2) is 196 Å². The zero-order valence-corrected chi connectivity index (χ0v) is 61.9. The SMILES string of the molecule is CC(=O)NC(Cc1ccc2ccccc2c1)C(=O)NC(Cc1ccc(Cl)cc1)C(=O)NC(Cc1cccnc1)C(=O)NC(CO)C(=O)NC(CCCCNC(C)C)C(=O)N(C)C(Cc1cccnc1)C(=O)NC(CC(C)C)C(=O)NC(CCCCNC(C)C)C(=O)N1CCCC1C(=O)NC(C)C(N)=O. The molecule has 27 nitrogen and oxygen atoms in total. The van der Waals surface area contributed by atoms with E-state index in [-0.39, 0.29) is 69.5 Å². The number of amides is 11. The van der Waals surface area contributed by atoms with Crippen LogP contribution in [0.25, 0.3) is 10.8 Å².